The van der Waals surface area contributed by atoms with E-state index in [0.717, 1.165) is 18.9 Å². The van der Waals surface area contributed by atoms with Gasteiger partial charge in [-0.25, -0.2) is 9.97 Å². The molecule has 3 aromatic heterocycles. The Kier molecular flexibility index (Phi) is 8.44. The van der Waals surface area contributed by atoms with E-state index < -0.39 is 17.9 Å². The molecular formula is C26H35N7O4S. The largest absolute Gasteiger partial charge is 0.382 e. The number of anilines is 2. The first-order valence-corrected chi connectivity index (χ1v) is 13.4. The van der Waals surface area contributed by atoms with Crippen LogP contribution in [0.2, 0.25) is 0 Å². The van der Waals surface area contributed by atoms with Gasteiger partial charge in [0.15, 0.2) is 5.13 Å². The molecular weight excluding hydrogens is 506 g/mol. The van der Waals surface area contributed by atoms with Crippen molar-refractivity contribution in [1.82, 2.24) is 25.1 Å². The lowest BCUT2D eigenvalue weighted by Crippen LogP contribution is -2.46. The van der Waals surface area contributed by atoms with Crippen molar-refractivity contribution in [3.8, 4) is 11.4 Å². The Bertz CT molecular complexity index is 1260. The Labute approximate surface area is 226 Å². The maximum absolute atomic E-state index is 13.0. The molecule has 11 nitrogen and oxygen atoms in total. The zero-order valence-corrected chi connectivity index (χ0v) is 23.4. The Hall–Kier alpha value is -3.35. The van der Waals surface area contributed by atoms with Crippen LogP contribution in [0.15, 0.2) is 35.8 Å². The van der Waals surface area contributed by atoms with Crippen molar-refractivity contribution >= 4 is 34.1 Å². The average molecular weight is 542 g/mol. The predicted octanol–water partition coefficient (Wildman–Crippen LogP) is 3.15. The van der Waals surface area contributed by atoms with E-state index in [9.17, 15) is 9.59 Å². The van der Waals surface area contributed by atoms with Gasteiger partial charge in [-0.1, -0.05) is 6.07 Å². The van der Waals surface area contributed by atoms with Gasteiger partial charge in [-0.05, 0) is 52.8 Å². The number of hydrogen-bond acceptors (Lipinski definition) is 9. The van der Waals surface area contributed by atoms with Gasteiger partial charge < -0.3 is 25.0 Å². The molecule has 0 unspecified atom stereocenters. The van der Waals surface area contributed by atoms with E-state index >= 15 is 0 Å². The Morgan fingerprint density at radius 3 is 2.55 bits per heavy atom. The second kappa shape index (κ2) is 11.6. The molecule has 38 heavy (non-hydrogen) atoms. The van der Waals surface area contributed by atoms with Crippen LogP contribution in [0, 0.1) is 0 Å². The van der Waals surface area contributed by atoms with Crippen LogP contribution >= 0.6 is 11.3 Å². The molecule has 4 heterocycles. The number of rotatable bonds is 8. The molecule has 3 atom stereocenters. The predicted molar refractivity (Wildman–Crippen MR) is 147 cm³/mol. The summed E-state index contributed by atoms with van der Waals surface area (Å²) in [4.78, 5) is 37.3. The summed E-state index contributed by atoms with van der Waals surface area (Å²) in [7, 11) is 1.47. The minimum atomic E-state index is -0.925. The van der Waals surface area contributed by atoms with Gasteiger partial charge in [0, 0.05) is 31.8 Å². The number of ether oxygens (including phenoxy) is 2. The van der Waals surface area contributed by atoms with E-state index in [1.54, 1.807) is 16.9 Å². The molecule has 0 radical (unpaired) electrons. The minimum Gasteiger partial charge on any atom is -0.382 e. The highest BCUT2D eigenvalue weighted by Crippen LogP contribution is 2.26. The Morgan fingerprint density at radius 2 is 1.89 bits per heavy atom. The number of morpholine rings is 1. The highest BCUT2D eigenvalue weighted by molar-refractivity contribution is 7.14. The molecule has 204 valence electrons. The second-order valence-electron chi connectivity index (χ2n) is 10.4. The van der Waals surface area contributed by atoms with Gasteiger partial charge >= 0.3 is 0 Å². The zero-order valence-electron chi connectivity index (χ0n) is 22.6. The summed E-state index contributed by atoms with van der Waals surface area (Å²) in [6, 6.07) is 6.51. The smallest absolute Gasteiger partial charge is 0.272 e. The maximum atomic E-state index is 13.0. The third kappa shape index (κ3) is 6.74. The van der Waals surface area contributed by atoms with Gasteiger partial charge in [-0.2, -0.15) is 5.10 Å². The number of pyridine rings is 1. The van der Waals surface area contributed by atoms with E-state index in [4.69, 9.17) is 14.5 Å². The third-order valence-corrected chi connectivity index (χ3v) is 6.70. The molecule has 4 rings (SSSR count). The Morgan fingerprint density at radius 1 is 1.16 bits per heavy atom. The number of thiazole rings is 1. The molecule has 0 saturated carbocycles. The molecule has 3 aromatic rings. The van der Waals surface area contributed by atoms with Crippen molar-refractivity contribution < 1.29 is 19.1 Å². The number of methoxy groups -OCH3 is 1. The van der Waals surface area contributed by atoms with Gasteiger partial charge in [-0.15, -0.1) is 11.3 Å². The first kappa shape index (κ1) is 27.7. The van der Waals surface area contributed by atoms with E-state index in [-0.39, 0.29) is 30.0 Å². The van der Waals surface area contributed by atoms with Crippen LogP contribution in [0.25, 0.3) is 11.4 Å². The molecule has 2 N–H and O–H groups in total. The summed E-state index contributed by atoms with van der Waals surface area (Å²) in [6.07, 6.45) is 1.99. The summed E-state index contributed by atoms with van der Waals surface area (Å²) in [5.41, 5.74) is 1.32. The number of amides is 2. The topological polar surface area (TPSA) is 124 Å². The lowest BCUT2D eigenvalue weighted by atomic mass is 10.1. The fraction of sp³-hybridized carbons (Fsp3) is 0.500. The summed E-state index contributed by atoms with van der Waals surface area (Å²) in [5.74, 6) is -0.0352. The van der Waals surface area contributed by atoms with Crippen LogP contribution in [0.3, 0.4) is 0 Å². The van der Waals surface area contributed by atoms with Crippen molar-refractivity contribution in [2.75, 3.05) is 37.0 Å². The number of hydrogen-bond donors (Lipinski definition) is 2. The van der Waals surface area contributed by atoms with Gasteiger partial charge in [0.1, 0.15) is 23.2 Å². The second-order valence-corrected chi connectivity index (χ2v) is 11.2. The molecule has 0 aromatic carbocycles. The molecule has 1 fully saturated rings. The van der Waals surface area contributed by atoms with Crippen molar-refractivity contribution in [1.29, 1.82) is 0 Å². The van der Waals surface area contributed by atoms with Crippen LogP contribution < -0.4 is 15.5 Å². The van der Waals surface area contributed by atoms with Gasteiger partial charge in [0.25, 0.3) is 11.8 Å². The van der Waals surface area contributed by atoms with E-state index in [0.29, 0.717) is 16.5 Å². The van der Waals surface area contributed by atoms with Crippen LogP contribution in [0.1, 0.15) is 45.1 Å². The SMILES string of the molecule is COC[C@H](NC(=O)c1ccn(C(C)(C)C)n1)C(=O)Nc1nc(-c2cccc(N3C[C@@H](C)O[C@@H](C)C3)n2)cs1. The number of nitrogens with one attached hydrogen (secondary N) is 2. The van der Waals surface area contributed by atoms with Crippen molar-refractivity contribution in [3.63, 3.8) is 0 Å². The third-order valence-electron chi connectivity index (χ3n) is 5.94. The van der Waals surface area contributed by atoms with E-state index in [1.807, 2.05) is 44.4 Å². The summed E-state index contributed by atoms with van der Waals surface area (Å²) >= 11 is 1.29. The van der Waals surface area contributed by atoms with Crippen molar-refractivity contribution in [3.05, 3.63) is 41.5 Å². The molecule has 0 aliphatic carbocycles. The molecule has 0 bridgehead atoms. The number of carbonyl (C=O) groups excluding carboxylic acids is 2. The van der Waals surface area contributed by atoms with Crippen molar-refractivity contribution in [2.45, 2.75) is 58.4 Å². The lowest BCUT2D eigenvalue weighted by molar-refractivity contribution is -0.119. The molecule has 2 amide bonds. The first-order valence-electron chi connectivity index (χ1n) is 12.5. The number of aromatic nitrogens is 4. The van der Waals surface area contributed by atoms with Gasteiger partial charge in [-0.3, -0.25) is 14.3 Å². The molecule has 1 saturated heterocycles. The van der Waals surface area contributed by atoms with E-state index in [2.05, 4.69) is 39.5 Å². The monoisotopic (exact) mass is 541 g/mol. The van der Waals surface area contributed by atoms with E-state index in [1.165, 1.54) is 18.4 Å². The normalized spacial score (nSPS) is 18.7. The summed E-state index contributed by atoms with van der Waals surface area (Å²) < 4.78 is 12.7. The van der Waals surface area contributed by atoms with Crippen LogP contribution in [0.5, 0.6) is 0 Å². The highest BCUT2D eigenvalue weighted by Gasteiger charge is 2.26. The highest BCUT2D eigenvalue weighted by atomic mass is 32.1. The quantitative estimate of drug-likeness (QED) is 0.446. The van der Waals surface area contributed by atoms with Crippen molar-refractivity contribution in [2.24, 2.45) is 0 Å². The van der Waals surface area contributed by atoms with Crippen LogP contribution in [0.4, 0.5) is 10.9 Å². The fourth-order valence-corrected chi connectivity index (χ4v) is 4.86. The fourth-order valence-electron chi connectivity index (χ4n) is 4.15. The molecule has 1 aliphatic rings. The lowest BCUT2D eigenvalue weighted by Gasteiger charge is -2.36. The summed E-state index contributed by atoms with van der Waals surface area (Å²) in [6.45, 7) is 11.6. The maximum Gasteiger partial charge on any atom is 0.272 e. The van der Waals surface area contributed by atoms with Crippen LogP contribution in [-0.2, 0) is 19.8 Å². The van der Waals surface area contributed by atoms with Gasteiger partial charge in [0.05, 0.1) is 30.0 Å². The van der Waals surface area contributed by atoms with Crippen LogP contribution in [-0.4, -0.2) is 76.6 Å². The average Bonchev–Trinajstić information content (AvgIpc) is 3.53. The standard InChI is InChI=1S/C26H35N7O4S/c1-16-12-32(13-17(2)37-16)22-9-7-8-18(27-22)21-15-38-25(29-21)30-24(35)20(14-36-6)28-23(34)19-10-11-33(31-19)26(3,4)5/h7-11,15-17,20H,12-14H2,1-6H3,(H,28,34)(H,29,30,35)/t16-,17+,20-/m0/s1. The zero-order chi connectivity index (χ0) is 27.4. The molecule has 0 spiro atoms. The van der Waals surface area contributed by atoms with Gasteiger partial charge in [0.2, 0.25) is 0 Å². The number of carbonyl (C=O) groups is 2. The number of nitrogens with zero attached hydrogens (tertiary/aromatic N) is 5. The minimum absolute atomic E-state index is 0.00419. The Balaban J connectivity index is 1.42. The molecule has 12 heteroatoms. The first-order chi connectivity index (χ1) is 18.0. The molecule has 1 aliphatic heterocycles. The summed E-state index contributed by atoms with van der Waals surface area (Å²) in [5, 5.41) is 12.1.